The van der Waals surface area contributed by atoms with E-state index in [0.29, 0.717) is 16.4 Å². The van der Waals surface area contributed by atoms with E-state index in [1.165, 1.54) is 18.2 Å². The number of non-ortho nitro benzene ring substituents is 1. The number of halogens is 2. The molecule has 2 heterocycles. The smallest absolute Gasteiger partial charge is 0.301 e. The molecule has 0 spiro atoms. The van der Waals surface area contributed by atoms with Gasteiger partial charge in [-0.05, 0) is 36.8 Å². The van der Waals surface area contributed by atoms with Crippen LogP contribution in [-0.4, -0.2) is 35.1 Å². The molecule has 0 aliphatic carbocycles. The summed E-state index contributed by atoms with van der Waals surface area (Å²) < 4.78 is 26.2. The summed E-state index contributed by atoms with van der Waals surface area (Å²) >= 11 is 13.2. The summed E-state index contributed by atoms with van der Waals surface area (Å²) in [5.74, 6) is -2.52. The first-order chi connectivity index (χ1) is 19.4. The van der Waals surface area contributed by atoms with Crippen LogP contribution in [0.1, 0.15) is 22.7 Å². The molecule has 1 amide bonds. The lowest BCUT2D eigenvalue weighted by Gasteiger charge is -2.24. The molecule has 0 bridgehead atoms. The van der Waals surface area contributed by atoms with Crippen molar-refractivity contribution in [2.45, 2.75) is 22.1 Å². The molecule has 1 aliphatic rings. The number of aliphatic hydroxyl groups is 1. The number of rotatable bonds is 6. The van der Waals surface area contributed by atoms with Crippen molar-refractivity contribution in [2.24, 2.45) is 0 Å². The number of hydrogen-bond donors (Lipinski definition) is 1. The van der Waals surface area contributed by atoms with E-state index in [-0.39, 0.29) is 41.6 Å². The summed E-state index contributed by atoms with van der Waals surface area (Å²) in [5.41, 5.74) is 0.885. The molecule has 0 unspecified atom stereocenters. The Bertz CT molecular complexity index is 1870. The first-order valence-corrected chi connectivity index (χ1v) is 14.7. The number of nitro benzene ring substituents is 1. The molecule has 1 aromatic heterocycles. The summed E-state index contributed by atoms with van der Waals surface area (Å²) in [7, 11) is -4.19. The molecular weight excluding hydrogens is 613 g/mol. The number of aliphatic hydroxyl groups excluding tert-OH is 1. The number of carbonyl (C=O) groups excluding carboxylic acids is 2. The van der Waals surface area contributed by atoms with Crippen molar-refractivity contribution in [1.29, 1.82) is 0 Å². The molecule has 41 heavy (non-hydrogen) atoms. The van der Waals surface area contributed by atoms with E-state index in [1.807, 2.05) is 6.92 Å². The Morgan fingerprint density at radius 1 is 1.05 bits per heavy atom. The first-order valence-electron chi connectivity index (χ1n) is 11.7. The molecule has 1 fully saturated rings. The quantitative estimate of drug-likeness (QED) is 0.0880. The Balaban J connectivity index is 1.65. The topological polar surface area (TPSA) is 148 Å². The summed E-state index contributed by atoms with van der Waals surface area (Å²) in [6.45, 7) is 1.85. The first kappa shape index (κ1) is 28.4. The second kappa shape index (κ2) is 10.7. The average molecular weight is 630 g/mol. The van der Waals surface area contributed by atoms with Gasteiger partial charge >= 0.3 is 5.91 Å². The van der Waals surface area contributed by atoms with E-state index in [9.17, 15) is 33.2 Å². The van der Waals surface area contributed by atoms with Crippen molar-refractivity contribution in [3.05, 3.63) is 115 Å². The van der Waals surface area contributed by atoms with Gasteiger partial charge in [0.15, 0.2) is 5.13 Å². The van der Waals surface area contributed by atoms with Gasteiger partial charge in [-0.25, -0.2) is 13.4 Å². The van der Waals surface area contributed by atoms with Gasteiger partial charge in [-0.15, -0.1) is 0 Å². The number of ketones is 1. The molecule has 1 aliphatic heterocycles. The highest BCUT2D eigenvalue weighted by molar-refractivity contribution is 7.93. The Kier molecular flexibility index (Phi) is 7.43. The number of nitro groups is 1. The van der Waals surface area contributed by atoms with Gasteiger partial charge in [0.25, 0.3) is 11.5 Å². The minimum absolute atomic E-state index is 0.0967. The predicted octanol–water partition coefficient (Wildman–Crippen LogP) is 6.13. The third-order valence-electron chi connectivity index (χ3n) is 6.33. The van der Waals surface area contributed by atoms with Crippen LogP contribution in [0.2, 0.25) is 10.0 Å². The van der Waals surface area contributed by atoms with Gasteiger partial charge < -0.3 is 5.11 Å². The largest absolute Gasteiger partial charge is 0.507 e. The molecule has 4 aromatic rings. The molecule has 3 aromatic carbocycles. The highest BCUT2D eigenvalue weighted by atomic mass is 35.5. The highest BCUT2D eigenvalue weighted by Crippen LogP contribution is 2.46. The lowest BCUT2D eigenvalue weighted by atomic mass is 9.95. The predicted molar refractivity (Wildman–Crippen MR) is 153 cm³/mol. The summed E-state index contributed by atoms with van der Waals surface area (Å²) in [6.07, 6.45) is 1.02. The van der Waals surface area contributed by atoms with Crippen LogP contribution in [0.15, 0.2) is 87.6 Å². The Labute approximate surface area is 247 Å². The number of hydrogen-bond acceptors (Lipinski definition) is 9. The average Bonchev–Trinajstić information content (AvgIpc) is 3.52. The van der Waals surface area contributed by atoms with Crippen molar-refractivity contribution in [2.75, 3.05) is 4.90 Å². The van der Waals surface area contributed by atoms with Crippen LogP contribution in [0.4, 0.5) is 10.8 Å². The van der Waals surface area contributed by atoms with Crippen LogP contribution in [-0.2, 0) is 19.4 Å². The number of amides is 1. The standard InChI is InChI=1S/C27H17Cl2N3O7S2/c1-14-2-4-15(5-3-14)24(33)22-23(19-11-6-16(28)12-20(19)29)31(26(35)25(22)34)27-30-13-21(40-27)41(38,39)18-9-7-17(8-10-18)32(36)37/h2-13,23,33H,1H3/t23-/m1/s1. The molecule has 1 atom stereocenters. The second-order valence-electron chi connectivity index (χ2n) is 8.92. The fourth-order valence-corrected chi connectivity index (χ4v) is 7.32. The molecule has 0 saturated carbocycles. The van der Waals surface area contributed by atoms with E-state index >= 15 is 0 Å². The van der Waals surface area contributed by atoms with Gasteiger partial charge in [0.2, 0.25) is 9.84 Å². The summed E-state index contributed by atoms with van der Waals surface area (Å²) in [4.78, 5) is 42.0. The normalized spacial score (nSPS) is 16.8. The molecule has 1 N–H and O–H groups in total. The van der Waals surface area contributed by atoms with Crippen LogP contribution >= 0.6 is 34.5 Å². The molecule has 5 rings (SSSR count). The van der Waals surface area contributed by atoms with E-state index in [2.05, 4.69) is 4.98 Å². The molecule has 14 heteroatoms. The number of benzene rings is 3. The van der Waals surface area contributed by atoms with Gasteiger partial charge in [0.1, 0.15) is 9.97 Å². The number of Topliss-reactive ketones (excluding diaryl/α,β-unsaturated/α-hetero) is 1. The maximum Gasteiger partial charge on any atom is 0.301 e. The summed E-state index contributed by atoms with van der Waals surface area (Å²) in [5, 5.41) is 22.4. The fourth-order valence-electron chi connectivity index (χ4n) is 4.26. The number of sulfone groups is 1. The van der Waals surface area contributed by atoms with Crippen LogP contribution in [0.5, 0.6) is 0 Å². The number of nitrogens with zero attached hydrogens (tertiary/aromatic N) is 3. The van der Waals surface area contributed by atoms with Crippen LogP contribution < -0.4 is 4.90 Å². The van der Waals surface area contributed by atoms with E-state index in [1.54, 1.807) is 24.3 Å². The van der Waals surface area contributed by atoms with Crippen LogP contribution in [0, 0.1) is 17.0 Å². The zero-order valence-corrected chi connectivity index (χ0v) is 24.0. The number of aromatic nitrogens is 1. The van der Waals surface area contributed by atoms with Gasteiger partial charge in [-0.3, -0.25) is 24.6 Å². The fraction of sp³-hybridized carbons (Fsp3) is 0.0741. The maximum absolute atomic E-state index is 13.4. The van der Waals surface area contributed by atoms with Gasteiger partial charge in [0, 0.05) is 27.7 Å². The van der Waals surface area contributed by atoms with Crippen molar-refractivity contribution in [3.63, 3.8) is 0 Å². The molecule has 208 valence electrons. The number of carbonyl (C=O) groups is 2. The van der Waals surface area contributed by atoms with Gasteiger partial charge in [-0.2, -0.15) is 0 Å². The molecule has 1 saturated heterocycles. The van der Waals surface area contributed by atoms with Crippen molar-refractivity contribution < 1.29 is 28.0 Å². The maximum atomic E-state index is 13.4. The lowest BCUT2D eigenvalue weighted by molar-refractivity contribution is -0.384. The monoisotopic (exact) mass is 629 g/mol. The zero-order valence-electron chi connectivity index (χ0n) is 20.8. The Hall–Kier alpha value is -4.10. The summed E-state index contributed by atoms with van der Waals surface area (Å²) in [6, 6.07) is 14.1. The molecular formula is C27H17Cl2N3O7S2. The number of aryl methyl sites for hydroxylation is 1. The third-order valence-corrected chi connectivity index (χ3v) is 10.1. The Morgan fingerprint density at radius 3 is 2.32 bits per heavy atom. The number of anilines is 1. The van der Waals surface area contributed by atoms with E-state index < -0.39 is 38.3 Å². The van der Waals surface area contributed by atoms with Crippen molar-refractivity contribution >= 4 is 72.6 Å². The van der Waals surface area contributed by atoms with Crippen LogP contribution in [0.3, 0.4) is 0 Å². The highest BCUT2D eigenvalue weighted by Gasteiger charge is 2.49. The minimum atomic E-state index is -4.19. The molecule has 0 radical (unpaired) electrons. The minimum Gasteiger partial charge on any atom is -0.507 e. The zero-order chi connectivity index (χ0) is 29.6. The van der Waals surface area contributed by atoms with Crippen molar-refractivity contribution in [1.82, 2.24) is 4.98 Å². The van der Waals surface area contributed by atoms with Gasteiger partial charge in [-0.1, -0.05) is 70.4 Å². The lowest BCUT2D eigenvalue weighted by Crippen LogP contribution is -2.29. The molecule has 10 nitrogen and oxygen atoms in total. The van der Waals surface area contributed by atoms with Crippen molar-refractivity contribution in [3.8, 4) is 0 Å². The second-order valence-corrected chi connectivity index (χ2v) is 12.9. The van der Waals surface area contributed by atoms with Gasteiger partial charge in [0.05, 0.1) is 27.6 Å². The third kappa shape index (κ3) is 5.10. The SMILES string of the molecule is Cc1ccc(C(O)=C2C(=O)C(=O)N(c3ncc(S(=O)(=O)c4ccc([N+](=O)[O-])cc4)s3)[C@@H]2c2ccc(Cl)cc2Cl)cc1. The Morgan fingerprint density at radius 2 is 1.71 bits per heavy atom. The van der Waals surface area contributed by atoms with E-state index in [4.69, 9.17) is 23.2 Å². The van der Waals surface area contributed by atoms with E-state index in [0.717, 1.165) is 40.9 Å². The number of thiazole rings is 1. The van der Waals surface area contributed by atoms with Crippen LogP contribution in [0.25, 0.3) is 5.76 Å².